The first-order valence-corrected chi connectivity index (χ1v) is 19.0. The summed E-state index contributed by atoms with van der Waals surface area (Å²) in [7, 11) is -2.77. The van der Waals surface area contributed by atoms with E-state index in [1.807, 2.05) is 44.2 Å². The molecule has 0 bridgehead atoms. The molecule has 1 heterocycles. The average Bonchev–Trinajstić information content (AvgIpc) is 3.18. The van der Waals surface area contributed by atoms with Gasteiger partial charge in [0.1, 0.15) is 5.75 Å². The zero-order chi connectivity index (χ0) is 37.1. The molecule has 0 saturated carbocycles. The highest BCUT2D eigenvalue weighted by Crippen LogP contribution is 2.46. The quantitative estimate of drug-likeness (QED) is 0.132. The van der Waals surface area contributed by atoms with Crippen molar-refractivity contribution in [3.63, 3.8) is 0 Å². The molecule has 1 N–H and O–H groups in total. The van der Waals surface area contributed by atoms with Crippen LogP contribution in [0.4, 0.5) is 0 Å². The zero-order valence-corrected chi connectivity index (χ0v) is 30.9. The third-order valence-electron chi connectivity index (χ3n) is 8.98. The van der Waals surface area contributed by atoms with Crippen LogP contribution in [-0.2, 0) is 48.0 Å². The fraction of sp³-hybridized carbons (Fsp3) is 0.568. The van der Waals surface area contributed by atoms with Crippen molar-refractivity contribution in [1.29, 1.82) is 0 Å². The number of methoxy groups -OCH3 is 1. The van der Waals surface area contributed by atoms with Crippen molar-refractivity contribution in [2.24, 2.45) is 11.8 Å². The molecule has 0 unspecified atom stereocenters. The summed E-state index contributed by atoms with van der Waals surface area (Å²) in [4.78, 5) is 54.6. The summed E-state index contributed by atoms with van der Waals surface area (Å²) >= 11 is 0. The summed E-state index contributed by atoms with van der Waals surface area (Å²) in [6.07, 6.45) is 2.74. The first kappa shape index (κ1) is 40.5. The molecule has 1 aliphatic rings. The summed E-state index contributed by atoms with van der Waals surface area (Å²) in [5, 5.41) is 3.70. The van der Waals surface area contributed by atoms with E-state index in [-0.39, 0.29) is 48.4 Å². The number of fused-ring (bicyclic) bond motifs is 1. The van der Waals surface area contributed by atoms with Gasteiger partial charge in [-0.05, 0) is 63.8 Å². The summed E-state index contributed by atoms with van der Waals surface area (Å²) < 4.78 is 56.3. The van der Waals surface area contributed by atoms with E-state index in [9.17, 15) is 27.6 Å². The molecule has 0 radical (unpaired) electrons. The number of hydrogen-bond acceptors (Lipinski definition) is 12. The Bertz CT molecular complexity index is 1520. The lowest BCUT2D eigenvalue weighted by atomic mass is 9.75. The lowest BCUT2D eigenvalue weighted by Gasteiger charge is -2.36. The molecule has 276 valence electrons. The van der Waals surface area contributed by atoms with Crippen LogP contribution < -0.4 is 10.1 Å². The molecule has 50 heavy (non-hydrogen) atoms. The highest BCUT2D eigenvalue weighted by molar-refractivity contribution is 7.91. The van der Waals surface area contributed by atoms with Gasteiger partial charge in [-0.15, -0.1) is 0 Å². The Morgan fingerprint density at radius 2 is 1.30 bits per heavy atom. The summed E-state index contributed by atoms with van der Waals surface area (Å²) in [6, 6.07) is 11.6. The second kappa shape index (κ2) is 18.3. The highest BCUT2D eigenvalue weighted by Gasteiger charge is 2.52. The van der Waals surface area contributed by atoms with Gasteiger partial charge < -0.3 is 23.7 Å². The van der Waals surface area contributed by atoms with Crippen LogP contribution in [0.3, 0.4) is 0 Å². The normalized spacial score (nSPS) is 18.2. The number of rotatable bonds is 17. The van der Waals surface area contributed by atoms with Gasteiger partial charge in [0.15, 0.2) is 21.7 Å². The maximum Gasteiger partial charge on any atom is 0.320 e. The summed E-state index contributed by atoms with van der Waals surface area (Å²) in [5.74, 6) is -10.1. The Morgan fingerprint density at radius 1 is 0.800 bits per heavy atom. The van der Waals surface area contributed by atoms with Crippen molar-refractivity contribution in [3.8, 4) is 5.75 Å². The average molecular weight is 718 g/mol. The Morgan fingerprint density at radius 3 is 1.72 bits per heavy atom. The molecule has 0 aromatic heterocycles. The van der Waals surface area contributed by atoms with E-state index in [1.165, 1.54) is 46.9 Å². The molecule has 0 spiro atoms. The minimum atomic E-state index is -4.11. The summed E-state index contributed by atoms with van der Waals surface area (Å²) in [5.41, 5.74) is 0.294. The Labute approximate surface area is 295 Å². The Kier molecular flexibility index (Phi) is 14.8. The topological polar surface area (TPSA) is 161 Å². The molecule has 13 heteroatoms. The summed E-state index contributed by atoms with van der Waals surface area (Å²) in [6.45, 7) is 9.59. The third kappa shape index (κ3) is 9.03. The van der Waals surface area contributed by atoms with Crippen molar-refractivity contribution < 1.29 is 51.3 Å². The SMILES string of the molecule is CCCC[C@]1(CC)CS(=O)(=O)c2cc(C(C(C(=O)OCC)C(=O)OCC)C(C(=O)OCC)C(=O)OCC)c(OC)cc2[C@@H](c2ccccc2)N1. The minimum Gasteiger partial charge on any atom is -0.496 e. The molecule has 2 aromatic carbocycles. The van der Waals surface area contributed by atoms with Crippen LogP contribution in [0.25, 0.3) is 0 Å². The van der Waals surface area contributed by atoms with E-state index in [1.54, 1.807) is 0 Å². The molecule has 2 atom stereocenters. The highest BCUT2D eigenvalue weighted by atomic mass is 32.2. The number of sulfone groups is 1. The number of benzene rings is 2. The lowest BCUT2D eigenvalue weighted by molar-refractivity contribution is -0.169. The molecule has 1 aliphatic heterocycles. The van der Waals surface area contributed by atoms with Crippen molar-refractivity contribution in [3.05, 3.63) is 59.2 Å². The van der Waals surface area contributed by atoms with E-state index >= 15 is 0 Å². The standard InChI is InChI=1S/C37H51NO11S/c1-8-14-20-37(9-2)23-50(43,44)28-22-25(27(45-7)21-26(28)32(38-37)24-18-16-15-17-19-24)29(30(33(39)46-10-3)34(40)47-11-4)31(35(41)48-12-5)36(42)49-13-6/h15-19,21-22,29-32,38H,8-14,20,23H2,1-7H3/t32-,37-/m1/s1. The molecular formula is C37H51NO11S. The van der Waals surface area contributed by atoms with E-state index in [0.29, 0.717) is 18.4 Å². The fourth-order valence-corrected chi connectivity index (χ4v) is 8.76. The smallest absolute Gasteiger partial charge is 0.320 e. The first-order chi connectivity index (χ1) is 23.9. The zero-order valence-electron chi connectivity index (χ0n) is 30.1. The first-order valence-electron chi connectivity index (χ1n) is 17.3. The fourth-order valence-electron chi connectivity index (χ4n) is 6.60. The molecule has 2 aromatic rings. The van der Waals surface area contributed by atoms with Crippen LogP contribution in [0.2, 0.25) is 0 Å². The van der Waals surface area contributed by atoms with Gasteiger partial charge in [-0.25, -0.2) is 8.42 Å². The van der Waals surface area contributed by atoms with E-state index in [2.05, 4.69) is 5.32 Å². The molecule has 12 nitrogen and oxygen atoms in total. The number of carbonyl (C=O) groups excluding carboxylic acids is 4. The number of nitrogens with one attached hydrogen (secondary N) is 1. The third-order valence-corrected chi connectivity index (χ3v) is 10.9. The minimum absolute atomic E-state index is 0.0291. The molecule has 0 fully saturated rings. The molecule has 0 amide bonds. The number of carbonyl (C=O) groups is 4. The number of ether oxygens (including phenoxy) is 5. The largest absolute Gasteiger partial charge is 0.496 e. The van der Waals surface area contributed by atoms with Crippen molar-refractivity contribution >= 4 is 33.7 Å². The molecular weight excluding hydrogens is 666 g/mol. The lowest BCUT2D eigenvalue weighted by Crippen LogP contribution is -2.50. The van der Waals surface area contributed by atoms with Crippen LogP contribution >= 0.6 is 0 Å². The van der Waals surface area contributed by atoms with Crippen LogP contribution in [0, 0.1) is 11.8 Å². The van der Waals surface area contributed by atoms with Crippen molar-refractivity contribution in [2.75, 3.05) is 39.3 Å². The monoisotopic (exact) mass is 717 g/mol. The van der Waals surface area contributed by atoms with Crippen LogP contribution in [0.1, 0.15) is 95.9 Å². The maximum atomic E-state index is 14.6. The van der Waals surface area contributed by atoms with Gasteiger partial charge in [0.25, 0.3) is 0 Å². The van der Waals surface area contributed by atoms with Gasteiger partial charge in [0.2, 0.25) is 0 Å². The van der Waals surface area contributed by atoms with E-state index < -0.39 is 63.0 Å². The second-order valence-electron chi connectivity index (χ2n) is 12.1. The van der Waals surface area contributed by atoms with Gasteiger partial charge in [-0.3, -0.25) is 24.5 Å². The van der Waals surface area contributed by atoms with Gasteiger partial charge in [0, 0.05) is 17.0 Å². The number of unbranched alkanes of at least 4 members (excludes halogenated alkanes) is 1. The number of hydrogen-bond donors (Lipinski definition) is 1. The van der Waals surface area contributed by atoms with Crippen LogP contribution in [-0.4, -0.2) is 77.1 Å². The molecule has 3 rings (SSSR count). The second-order valence-corrected chi connectivity index (χ2v) is 14.1. The van der Waals surface area contributed by atoms with Gasteiger partial charge in [0.05, 0.1) is 50.2 Å². The molecule has 0 saturated heterocycles. The predicted octanol–water partition coefficient (Wildman–Crippen LogP) is 5.07. The maximum absolute atomic E-state index is 14.6. The van der Waals surface area contributed by atoms with Crippen molar-refractivity contribution in [2.45, 2.75) is 89.6 Å². The Hall–Kier alpha value is -3.97. The van der Waals surface area contributed by atoms with Crippen LogP contribution in [0.5, 0.6) is 5.75 Å². The molecule has 0 aliphatic carbocycles. The van der Waals surface area contributed by atoms with Crippen molar-refractivity contribution in [1.82, 2.24) is 5.32 Å². The van der Waals surface area contributed by atoms with Crippen LogP contribution in [0.15, 0.2) is 47.4 Å². The van der Waals surface area contributed by atoms with E-state index in [4.69, 9.17) is 23.7 Å². The Balaban J connectivity index is 2.52. The van der Waals surface area contributed by atoms with Gasteiger partial charge in [-0.1, -0.05) is 57.0 Å². The number of esters is 4. The van der Waals surface area contributed by atoms with Gasteiger partial charge in [-0.2, -0.15) is 0 Å². The van der Waals surface area contributed by atoms with E-state index in [0.717, 1.165) is 18.4 Å². The predicted molar refractivity (Wildman–Crippen MR) is 185 cm³/mol. The van der Waals surface area contributed by atoms with Gasteiger partial charge >= 0.3 is 23.9 Å².